The van der Waals surface area contributed by atoms with Crippen LogP contribution in [0.3, 0.4) is 0 Å². The minimum atomic E-state index is -1.01. The summed E-state index contributed by atoms with van der Waals surface area (Å²) >= 11 is 6.80. The molecule has 1 atom stereocenters. The molecule has 1 amide bonds. The van der Waals surface area contributed by atoms with Crippen molar-refractivity contribution < 1.29 is 14.6 Å². The fourth-order valence-electron chi connectivity index (χ4n) is 6.76. The van der Waals surface area contributed by atoms with E-state index in [1.54, 1.807) is 0 Å². The summed E-state index contributed by atoms with van der Waals surface area (Å²) < 4.78 is 6.48. The van der Waals surface area contributed by atoms with Gasteiger partial charge in [0.2, 0.25) is 5.95 Å². The molecule has 11 heteroatoms. The number of anilines is 2. The fourth-order valence-corrected chi connectivity index (χ4v) is 7.04. The molecule has 4 aromatic rings. The highest BCUT2D eigenvalue weighted by Crippen LogP contribution is 2.46. The van der Waals surface area contributed by atoms with Crippen molar-refractivity contribution >= 4 is 51.1 Å². The summed E-state index contributed by atoms with van der Waals surface area (Å²) in [7, 11) is 4.16. The van der Waals surface area contributed by atoms with Crippen LogP contribution in [0.25, 0.3) is 32.8 Å². The molecule has 2 saturated heterocycles. The van der Waals surface area contributed by atoms with Gasteiger partial charge in [0.05, 0.1) is 36.0 Å². The Morgan fingerprint density at radius 1 is 1.09 bits per heavy atom. The van der Waals surface area contributed by atoms with Crippen LogP contribution in [0.2, 0.25) is 5.02 Å². The molecule has 226 valence electrons. The Labute approximate surface area is 261 Å². The number of piperazine rings is 1. The zero-order valence-corrected chi connectivity index (χ0v) is 25.6. The third-order valence-electron chi connectivity index (χ3n) is 9.21. The van der Waals surface area contributed by atoms with Gasteiger partial charge in [-0.2, -0.15) is 10.2 Å². The normalized spacial score (nSPS) is 18.7. The molecule has 1 N–H and O–H groups in total. The molecule has 7 rings (SSSR count). The second-order valence-electron chi connectivity index (χ2n) is 12.0. The van der Waals surface area contributed by atoms with Crippen molar-refractivity contribution in [3.05, 3.63) is 53.1 Å². The third-order valence-corrected chi connectivity index (χ3v) is 9.52. The van der Waals surface area contributed by atoms with Crippen LogP contribution in [0, 0.1) is 11.3 Å². The zero-order chi connectivity index (χ0) is 30.5. The monoisotopic (exact) mass is 611 g/mol. The van der Waals surface area contributed by atoms with Crippen LogP contribution >= 0.6 is 11.6 Å². The Morgan fingerprint density at radius 3 is 2.64 bits per heavy atom. The smallest absolute Gasteiger partial charge is 0.407 e. The number of halogens is 1. The van der Waals surface area contributed by atoms with E-state index in [1.165, 1.54) is 4.90 Å². The first-order valence-electron chi connectivity index (χ1n) is 15.0. The zero-order valence-electron chi connectivity index (χ0n) is 24.8. The lowest BCUT2D eigenvalue weighted by Gasteiger charge is -2.43. The van der Waals surface area contributed by atoms with Crippen molar-refractivity contribution in [3.8, 4) is 22.9 Å². The highest BCUT2D eigenvalue weighted by Gasteiger charge is 2.36. The summed E-state index contributed by atoms with van der Waals surface area (Å²) in [5.74, 6) is 2.15. The van der Waals surface area contributed by atoms with E-state index in [9.17, 15) is 15.2 Å². The molecule has 1 aromatic heterocycles. The number of fused-ring (bicyclic) bond motifs is 4. The van der Waals surface area contributed by atoms with Gasteiger partial charge in [0.25, 0.3) is 0 Å². The number of amides is 1. The molecule has 0 spiro atoms. The number of ether oxygens (including phenoxy) is 1. The van der Waals surface area contributed by atoms with Crippen LogP contribution in [0.5, 0.6) is 5.75 Å². The number of rotatable bonds is 5. The van der Waals surface area contributed by atoms with Crippen LogP contribution < -0.4 is 14.5 Å². The van der Waals surface area contributed by atoms with Crippen molar-refractivity contribution in [2.24, 2.45) is 0 Å². The number of benzene rings is 3. The van der Waals surface area contributed by atoms with Crippen LogP contribution in [0.15, 0.2) is 42.5 Å². The molecule has 3 aliphatic rings. The van der Waals surface area contributed by atoms with Gasteiger partial charge in [-0.1, -0.05) is 41.9 Å². The molecule has 0 bridgehead atoms. The molecule has 3 aliphatic heterocycles. The summed E-state index contributed by atoms with van der Waals surface area (Å²) in [5.41, 5.74) is 3.97. The summed E-state index contributed by atoms with van der Waals surface area (Å²) in [6.07, 6.45) is 0.825. The quantitative estimate of drug-likeness (QED) is 0.323. The Kier molecular flexibility index (Phi) is 7.31. The average molecular weight is 612 g/mol. The molecule has 0 aliphatic carbocycles. The Hall–Kier alpha value is -4.33. The summed E-state index contributed by atoms with van der Waals surface area (Å²) in [6, 6.07) is 16.5. The van der Waals surface area contributed by atoms with Crippen molar-refractivity contribution in [1.29, 1.82) is 5.26 Å². The van der Waals surface area contributed by atoms with E-state index in [2.05, 4.69) is 65.2 Å². The first-order chi connectivity index (χ1) is 21.3. The third kappa shape index (κ3) is 4.81. The van der Waals surface area contributed by atoms with Gasteiger partial charge in [0.15, 0.2) is 0 Å². The topological polar surface area (TPSA) is 109 Å². The van der Waals surface area contributed by atoms with Crippen LogP contribution in [0.4, 0.5) is 16.6 Å². The number of aromatic nitrogens is 2. The summed E-state index contributed by atoms with van der Waals surface area (Å²) in [6.45, 7) is 3.31. The summed E-state index contributed by atoms with van der Waals surface area (Å²) in [4.78, 5) is 30.2. The number of carbonyl (C=O) groups is 1. The number of nitriles is 1. The number of likely N-dealkylation sites (N-methyl/N-ethyl adjacent to an activating group) is 1. The second-order valence-corrected chi connectivity index (χ2v) is 12.4. The number of hydrogen-bond donors (Lipinski definition) is 1. The minimum Gasteiger partial charge on any atom is -0.492 e. The molecule has 4 heterocycles. The van der Waals surface area contributed by atoms with Crippen molar-refractivity contribution in [2.75, 3.05) is 63.2 Å². The molecular formula is C33H34ClN7O3. The lowest BCUT2D eigenvalue weighted by molar-refractivity contribution is 0.119. The molecule has 44 heavy (non-hydrogen) atoms. The Bertz CT molecular complexity index is 1810. The van der Waals surface area contributed by atoms with E-state index >= 15 is 0 Å². The maximum absolute atomic E-state index is 12.0. The molecule has 10 nitrogen and oxygen atoms in total. The van der Waals surface area contributed by atoms with E-state index in [1.807, 2.05) is 12.1 Å². The molecule has 0 radical (unpaired) electrons. The van der Waals surface area contributed by atoms with Gasteiger partial charge >= 0.3 is 6.09 Å². The number of carboxylic acid groups (broad SMARTS) is 1. The SMILES string of the molecule is CN(C)C1CN(c2nc(N3CCN(C(=O)O)C(CC#N)C3)c3c4c(c(-c5cccc6cccc(Cl)c56)cc3n2)CCCO4)C1. The van der Waals surface area contributed by atoms with Gasteiger partial charge in [-0.15, -0.1) is 0 Å². The van der Waals surface area contributed by atoms with E-state index in [0.717, 1.165) is 75.9 Å². The van der Waals surface area contributed by atoms with Gasteiger partial charge in [0, 0.05) is 54.7 Å². The van der Waals surface area contributed by atoms with Crippen LogP contribution in [-0.2, 0) is 6.42 Å². The maximum Gasteiger partial charge on any atom is 0.407 e. The number of hydrogen-bond acceptors (Lipinski definition) is 8. The highest BCUT2D eigenvalue weighted by molar-refractivity contribution is 6.36. The van der Waals surface area contributed by atoms with Gasteiger partial charge in [-0.05, 0) is 55.6 Å². The van der Waals surface area contributed by atoms with E-state index < -0.39 is 12.1 Å². The van der Waals surface area contributed by atoms with Gasteiger partial charge in [-0.25, -0.2) is 9.78 Å². The van der Waals surface area contributed by atoms with Crippen LogP contribution in [0.1, 0.15) is 18.4 Å². The lowest BCUT2D eigenvalue weighted by atomic mass is 9.89. The average Bonchev–Trinajstić information content (AvgIpc) is 2.99. The molecule has 0 saturated carbocycles. The predicted molar refractivity (Wildman–Crippen MR) is 172 cm³/mol. The second kappa shape index (κ2) is 11.3. The van der Waals surface area contributed by atoms with Gasteiger partial charge in [0.1, 0.15) is 11.6 Å². The number of nitrogens with zero attached hydrogens (tertiary/aromatic N) is 7. The van der Waals surface area contributed by atoms with E-state index in [4.69, 9.17) is 26.3 Å². The van der Waals surface area contributed by atoms with E-state index in [-0.39, 0.29) is 13.0 Å². The maximum atomic E-state index is 12.0. The Morgan fingerprint density at radius 2 is 1.89 bits per heavy atom. The van der Waals surface area contributed by atoms with Crippen molar-refractivity contribution in [3.63, 3.8) is 0 Å². The molecule has 2 fully saturated rings. The van der Waals surface area contributed by atoms with Crippen LogP contribution in [-0.4, -0.2) is 96.5 Å². The summed E-state index contributed by atoms with van der Waals surface area (Å²) in [5, 5.41) is 22.9. The molecule has 1 unspecified atom stereocenters. The lowest BCUT2D eigenvalue weighted by Crippen LogP contribution is -2.58. The fraction of sp³-hybridized carbons (Fsp3) is 0.394. The Balaban J connectivity index is 1.44. The first kappa shape index (κ1) is 28.4. The van der Waals surface area contributed by atoms with Gasteiger partial charge < -0.3 is 29.4 Å². The minimum absolute atomic E-state index is 0.107. The first-order valence-corrected chi connectivity index (χ1v) is 15.4. The molecule has 3 aromatic carbocycles. The van der Waals surface area contributed by atoms with Crippen molar-refractivity contribution in [1.82, 2.24) is 19.8 Å². The standard InChI is InChI=1S/C33H34ClN7O3/c1-38(2)22-18-40(19-22)32-36-27-16-25(23-8-3-6-20-7-4-10-26(34)28(20)23)24-9-5-15-44-30(24)29(27)31(37-32)39-13-14-41(33(42)43)21(17-39)11-12-35/h3-4,6-8,10,16,21-22H,5,9,11,13-15,17-19H2,1-2H3,(H,42,43). The highest BCUT2D eigenvalue weighted by atomic mass is 35.5. The molecular weight excluding hydrogens is 578 g/mol. The van der Waals surface area contributed by atoms with E-state index in [0.29, 0.717) is 36.7 Å². The predicted octanol–water partition coefficient (Wildman–Crippen LogP) is 5.26. The largest absolute Gasteiger partial charge is 0.492 e. The van der Waals surface area contributed by atoms with Crippen molar-refractivity contribution in [2.45, 2.75) is 31.3 Å². The van der Waals surface area contributed by atoms with Gasteiger partial charge in [-0.3, -0.25) is 0 Å².